The molecule has 1 aliphatic rings. The van der Waals surface area contributed by atoms with E-state index in [1.54, 1.807) is 19.9 Å². The second-order valence-corrected chi connectivity index (χ2v) is 10.3. The molecule has 0 fully saturated rings. The molecule has 3 rings (SSSR count). The Kier molecular flexibility index (Phi) is 6.09. The molecule has 1 heterocycles. The summed E-state index contributed by atoms with van der Waals surface area (Å²) >= 11 is 0. The van der Waals surface area contributed by atoms with Gasteiger partial charge in [-0.15, -0.1) is 4.36 Å². The predicted molar refractivity (Wildman–Crippen MR) is 118 cm³/mol. The van der Waals surface area contributed by atoms with Crippen molar-refractivity contribution >= 4 is 27.4 Å². The van der Waals surface area contributed by atoms with Crippen LogP contribution in [-0.2, 0) is 28.4 Å². The number of rotatable bonds is 5. The van der Waals surface area contributed by atoms with Crippen molar-refractivity contribution in [3.8, 4) is 0 Å². The summed E-state index contributed by atoms with van der Waals surface area (Å²) in [6.45, 7) is 8.29. The molecule has 0 bridgehead atoms. The summed E-state index contributed by atoms with van der Waals surface area (Å²) in [5.74, 6) is -0.191. The van der Waals surface area contributed by atoms with E-state index in [1.165, 1.54) is 17.7 Å². The van der Waals surface area contributed by atoms with Crippen LogP contribution in [0.1, 0.15) is 74.3 Å². The maximum absolute atomic E-state index is 13.1. The monoisotopic (exact) mass is 447 g/mol. The van der Waals surface area contributed by atoms with Crippen LogP contribution in [0.2, 0.25) is 0 Å². The number of nitrogens with zero attached hydrogens (tertiary/aromatic N) is 3. The first-order chi connectivity index (χ1) is 14.3. The number of urea groups is 1. The lowest BCUT2D eigenvalue weighted by Gasteiger charge is -2.20. The zero-order valence-corrected chi connectivity index (χ0v) is 19.2. The topological polar surface area (TPSA) is 140 Å². The van der Waals surface area contributed by atoms with Crippen LogP contribution in [0.4, 0.5) is 10.5 Å². The van der Waals surface area contributed by atoms with Gasteiger partial charge in [-0.1, -0.05) is 6.07 Å². The third-order valence-corrected chi connectivity index (χ3v) is 6.48. The molecule has 1 aliphatic carbocycles. The lowest BCUT2D eigenvalue weighted by Crippen LogP contribution is -2.22. The van der Waals surface area contributed by atoms with E-state index >= 15 is 0 Å². The highest BCUT2D eigenvalue weighted by Crippen LogP contribution is 2.32. The Bertz CT molecular complexity index is 1170. The number of ketones is 1. The normalized spacial score (nSPS) is 15.5. The van der Waals surface area contributed by atoms with Gasteiger partial charge in [0, 0.05) is 17.7 Å². The summed E-state index contributed by atoms with van der Waals surface area (Å²) in [4.78, 5) is 24.7. The number of nitrogens with one attached hydrogen (secondary N) is 1. The highest BCUT2D eigenvalue weighted by Gasteiger charge is 2.27. The van der Waals surface area contributed by atoms with Gasteiger partial charge in [0.1, 0.15) is 5.60 Å². The summed E-state index contributed by atoms with van der Waals surface area (Å²) in [6.07, 6.45) is 2.53. The lowest BCUT2D eigenvalue weighted by molar-refractivity contribution is 0.0669. The number of benzene rings is 1. The highest BCUT2D eigenvalue weighted by atomic mass is 32.2. The van der Waals surface area contributed by atoms with E-state index in [-0.39, 0.29) is 16.9 Å². The fourth-order valence-corrected chi connectivity index (χ4v) is 4.64. The van der Waals surface area contributed by atoms with Crippen molar-refractivity contribution in [3.63, 3.8) is 0 Å². The van der Waals surface area contributed by atoms with Crippen LogP contribution in [-0.4, -0.2) is 30.9 Å². The van der Waals surface area contributed by atoms with E-state index in [1.807, 2.05) is 19.9 Å². The molecule has 0 radical (unpaired) electrons. The number of amides is 2. The SMILES string of the molecule is CC(=O)c1ccc2c(c1NC(=O)N=S(N)(=O)c1cc(C(C)(C)O)n(C(C)C)n1)CCC2. The number of nitrogens with two attached hydrogens (primary N) is 1. The number of hydrogen-bond acceptors (Lipinski definition) is 5. The van der Waals surface area contributed by atoms with Gasteiger partial charge in [-0.2, -0.15) is 5.10 Å². The van der Waals surface area contributed by atoms with Gasteiger partial charge in [0.2, 0.25) is 0 Å². The van der Waals surface area contributed by atoms with E-state index in [0.717, 1.165) is 30.4 Å². The van der Waals surface area contributed by atoms with Gasteiger partial charge >= 0.3 is 6.03 Å². The third kappa shape index (κ3) is 4.70. The van der Waals surface area contributed by atoms with E-state index in [0.29, 0.717) is 16.9 Å². The molecule has 0 saturated heterocycles. The summed E-state index contributed by atoms with van der Waals surface area (Å²) in [7, 11) is -3.69. The molecule has 4 N–H and O–H groups in total. The molecule has 168 valence electrons. The van der Waals surface area contributed by atoms with Crippen LogP contribution >= 0.6 is 0 Å². The molecule has 9 nitrogen and oxygen atoms in total. The molecular formula is C21H29N5O4S. The van der Waals surface area contributed by atoms with Crippen LogP contribution in [0.5, 0.6) is 0 Å². The standard InChI is InChI=1S/C21H29N5O4S/c1-12(2)26-17(21(4,5)29)11-18(24-26)31(22,30)25-20(28)23-19-15(13(3)27)10-9-14-7-6-8-16(14)19/h9-12,29H,6-8H2,1-5H3,(H3,22,23,25,28,30). The van der Waals surface area contributed by atoms with Crippen molar-refractivity contribution < 1.29 is 18.9 Å². The molecule has 1 aromatic heterocycles. The molecule has 1 unspecified atom stereocenters. The molecule has 31 heavy (non-hydrogen) atoms. The van der Waals surface area contributed by atoms with Gasteiger partial charge < -0.3 is 10.4 Å². The number of fused-ring (bicyclic) bond motifs is 1. The number of carbonyl (C=O) groups is 2. The molecule has 10 heteroatoms. The van der Waals surface area contributed by atoms with Crippen molar-refractivity contribution in [2.45, 2.75) is 70.6 Å². The predicted octanol–water partition coefficient (Wildman–Crippen LogP) is 3.32. The van der Waals surface area contributed by atoms with Gasteiger partial charge in [-0.25, -0.2) is 14.1 Å². The van der Waals surface area contributed by atoms with Crippen LogP contribution in [0.3, 0.4) is 0 Å². The van der Waals surface area contributed by atoms with E-state index < -0.39 is 21.5 Å². The molecular weight excluding hydrogens is 418 g/mol. The van der Waals surface area contributed by atoms with Crippen LogP contribution in [0.25, 0.3) is 0 Å². The highest BCUT2D eigenvalue weighted by molar-refractivity contribution is 7.91. The minimum atomic E-state index is -3.69. The first-order valence-electron chi connectivity index (χ1n) is 10.1. The van der Waals surface area contributed by atoms with Crippen LogP contribution in [0.15, 0.2) is 27.6 Å². The minimum Gasteiger partial charge on any atom is -0.384 e. The Morgan fingerprint density at radius 2 is 2.00 bits per heavy atom. The van der Waals surface area contributed by atoms with Crippen molar-refractivity contribution in [1.82, 2.24) is 9.78 Å². The molecule has 2 amide bonds. The van der Waals surface area contributed by atoms with Crippen molar-refractivity contribution in [3.05, 3.63) is 40.6 Å². The first kappa shape index (κ1) is 23.1. The van der Waals surface area contributed by atoms with Gasteiger partial charge in [-0.05, 0) is 71.1 Å². The Morgan fingerprint density at radius 1 is 1.32 bits per heavy atom. The smallest absolute Gasteiger partial charge is 0.354 e. The largest absolute Gasteiger partial charge is 0.384 e. The molecule has 0 spiro atoms. The number of aryl methyl sites for hydroxylation is 1. The average molecular weight is 448 g/mol. The summed E-state index contributed by atoms with van der Waals surface area (Å²) in [6, 6.07) is 3.93. The summed E-state index contributed by atoms with van der Waals surface area (Å²) in [5.41, 5.74) is 1.89. The Hall–Kier alpha value is -2.56. The molecule has 0 aliphatic heterocycles. The Labute approximate surface area is 182 Å². The Morgan fingerprint density at radius 3 is 2.55 bits per heavy atom. The molecule has 1 aromatic carbocycles. The van der Waals surface area contributed by atoms with Crippen molar-refractivity contribution in [2.24, 2.45) is 9.50 Å². The number of carbonyl (C=O) groups excluding carboxylic acids is 2. The summed E-state index contributed by atoms with van der Waals surface area (Å²) < 4.78 is 18.3. The van der Waals surface area contributed by atoms with Crippen LogP contribution < -0.4 is 10.5 Å². The molecule has 2 aromatic rings. The number of Topliss-reactive ketones (excluding diaryl/α,β-unsaturated/α-hetero) is 1. The zero-order valence-electron chi connectivity index (χ0n) is 18.4. The second-order valence-electron chi connectivity index (χ2n) is 8.59. The fraction of sp³-hybridized carbons (Fsp3) is 0.476. The van der Waals surface area contributed by atoms with Gasteiger partial charge in [0.25, 0.3) is 0 Å². The average Bonchev–Trinajstić information content (AvgIpc) is 3.28. The number of hydrogen-bond donors (Lipinski definition) is 3. The zero-order chi connectivity index (χ0) is 23.1. The first-order valence-corrected chi connectivity index (χ1v) is 11.7. The van der Waals surface area contributed by atoms with Crippen LogP contribution in [0, 0.1) is 0 Å². The fourth-order valence-electron chi connectivity index (χ4n) is 3.77. The maximum Gasteiger partial charge on any atom is 0.354 e. The Balaban J connectivity index is 2.00. The number of aromatic nitrogens is 2. The van der Waals surface area contributed by atoms with E-state index in [9.17, 15) is 18.9 Å². The molecule has 1 atom stereocenters. The van der Waals surface area contributed by atoms with Gasteiger partial charge in [-0.3, -0.25) is 9.48 Å². The quantitative estimate of drug-likeness (QED) is 0.603. The maximum atomic E-state index is 13.1. The number of aliphatic hydroxyl groups is 1. The van der Waals surface area contributed by atoms with Crippen molar-refractivity contribution in [2.75, 3.05) is 5.32 Å². The van der Waals surface area contributed by atoms with Gasteiger partial charge in [0.15, 0.2) is 20.7 Å². The molecule has 0 saturated carbocycles. The third-order valence-electron chi connectivity index (χ3n) is 5.24. The minimum absolute atomic E-state index is 0.0986. The van der Waals surface area contributed by atoms with E-state index in [2.05, 4.69) is 14.8 Å². The van der Waals surface area contributed by atoms with Crippen molar-refractivity contribution in [1.29, 1.82) is 0 Å². The van der Waals surface area contributed by atoms with Gasteiger partial charge in [0.05, 0.1) is 11.4 Å². The summed E-state index contributed by atoms with van der Waals surface area (Å²) in [5, 5.41) is 23.1. The second kappa shape index (κ2) is 8.18. The van der Waals surface area contributed by atoms with E-state index in [4.69, 9.17) is 5.14 Å². The number of anilines is 1. The lowest BCUT2D eigenvalue weighted by atomic mass is 10.0.